The maximum absolute atomic E-state index is 12.3. The third-order valence-corrected chi connectivity index (χ3v) is 4.84. The van der Waals surface area contributed by atoms with Crippen LogP contribution in [-0.2, 0) is 11.2 Å². The summed E-state index contributed by atoms with van der Waals surface area (Å²) >= 11 is 7.29. The lowest BCUT2D eigenvalue weighted by molar-refractivity contribution is -0.118. The maximum atomic E-state index is 12.3. The molecular weight excluding hydrogens is 382 g/mol. The van der Waals surface area contributed by atoms with Crippen LogP contribution >= 0.6 is 22.9 Å². The predicted octanol–water partition coefficient (Wildman–Crippen LogP) is 4.39. The molecule has 27 heavy (non-hydrogen) atoms. The quantitative estimate of drug-likeness (QED) is 0.645. The topological polar surface area (TPSA) is 71.1 Å². The van der Waals surface area contributed by atoms with E-state index in [9.17, 15) is 9.59 Å². The summed E-state index contributed by atoms with van der Waals surface area (Å²) in [5.41, 5.74) is 3.40. The van der Waals surface area contributed by atoms with Crippen molar-refractivity contribution in [3.8, 4) is 11.3 Å². The van der Waals surface area contributed by atoms with Crippen molar-refractivity contribution in [2.75, 3.05) is 11.9 Å². The second-order valence-corrected chi connectivity index (χ2v) is 7.23. The van der Waals surface area contributed by atoms with E-state index in [4.69, 9.17) is 11.6 Å². The zero-order valence-electron chi connectivity index (χ0n) is 14.7. The maximum Gasteiger partial charge on any atom is 0.257 e. The van der Waals surface area contributed by atoms with Crippen molar-refractivity contribution in [1.29, 1.82) is 0 Å². The van der Waals surface area contributed by atoms with Gasteiger partial charge in [-0.2, -0.15) is 0 Å². The smallest absolute Gasteiger partial charge is 0.257 e. The number of nitrogens with zero attached hydrogens (tertiary/aromatic N) is 1. The van der Waals surface area contributed by atoms with Gasteiger partial charge < -0.3 is 5.32 Å². The number of carbonyl (C=O) groups is 2. The third-order valence-electron chi connectivity index (χ3n) is 3.85. The molecule has 0 atom stereocenters. The summed E-state index contributed by atoms with van der Waals surface area (Å²) in [5, 5.41) is 8.53. The van der Waals surface area contributed by atoms with E-state index in [-0.39, 0.29) is 11.8 Å². The molecule has 0 unspecified atom stereocenters. The fraction of sp³-hybridized carbons (Fsp3) is 0.150. The lowest BCUT2D eigenvalue weighted by Crippen LogP contribution is -2.22. The number of nitrogens with one attached hydrogen (secondary N) is 2. The Hall–Kier alpha value is -2.70. The first-order valence-corrected chi connectivity index (χ1v) is 9.63. The van der Waals surface area contributed by atoms with Gasteiger partial charge in [0.1, 0.15) is 0 Å². The summed E-state index contributed by atoms with van der Waals surface area (Å²) in [5.74, 6) is -0.270. The van der Waals surface area contributed by atoms with E-state index in [1.807, 2.05) is 29.6 Å². The largest absolute Gasteiger partial charge is 0.356 e. The Kier molecular flexibility index (Phi) is 6.21. The molecule has 1 aromatic heterocycles. The first-order chi connectivity index (χ1) is 13.0. The first-order valence-electron chi connectivity index (χ1n) is 8.37. The van der Waals surface area contributed by atoms with Gasteiger partial charge in [0.2, 0.25) is 5.91 Å². The van der Waals surface area contributed by atoms with Gasteiger partial charge in [0.25, 0.3) is 5.91 Å². The normalized spacial score (nSPS) is 10.4. The molecule has 0 spiro atoms. The summed E-state index contributed by atoms with van der Waals surface area (Å²) in [7, 11) is 0. The zero-order chi connectivity index (χ0) is 19.2. The molecule has 0 saturated heterocycles. The molecule has 0 radical (unpaired) electrons. The van der Waals surface area contributed by atoms with Crippen LogP contribution in [0.25, 0.3) is 11.3 Å². The number of amides is 2. The molecule has 0 bridgehead atoms. The van der Waals surface area contributed by atoms with Gasteiger partial charge in [0, 0.05) is 35.0 Å². The Labute approximate surface area is 166 Å². The minimum atomic E-state index is -0.244. The lowest BCUT2D eigenvalue weighted by Gasteiger charge is -2.04. The van der Waals surface area contributed by atoms with Crippen LogP contribution < -0.4 is 10.6 Å². The summed E-state index contributed by atoms with van der Waals surface area (Å²) in [6.07, 6.45) is 0.776. The van der Waals surface area contributed by atoms with Crippen LogP contribution in [0.4, 0.5) is 5.13 Å². The number of anilines is 1. The number of hydrogen-bond acceptors (Lipinski definition) is 4. The van der Waals surface area contributed by atoms with Crippen molar-refractivity contribution >= 4 is 39.9 Å². The first kappa shape index (κ1) is 19.1. The van der Waals surface area contributed by atoms with E-state index in [1.54, 1.807) is 24.3 Å². The second kappa shape index (κ2) is 8.79. The molecule has 3 aromatic rings. The van der Waals surface area contributed by atoms with Crippen molar-refractivity contribution in [1.82, 2.24) is 10.3 Å². The van der Waals surface area contributed by atoms with Crippen molar-refractivity contribution in [2.24, 2.45) is 0 Å². The highest BCUT2D eigenvalue weighted by molar-refractivity contribution is 7.14. The van der Waals surface area contributed by atoms with Crippen molar-refractivity contribution < 1.29 is 9.59 Å². The molecule has 2 N–H and O–H groups in total. The number of thiazole rings is 1. The Balaban J connectivity index is 1.63. The van der Waals surface area contributed by atoms with Gasteiger partial charge in [-0.25, -0.2) is 4.98 Å². The van der Waals surface area contributed by atoms with Crippen molar-refractivity contribution in [2.45, 2.75) is 13.3 Å². The van der Waals surface area contributed by atoms with Gasteiger partial charge in [-0.15, -0.1) is 11.3 Å². The van der Waals surface area contributed by atoms with E-state index < -0.39 is 0 Å². The van der Waals surface area contributed by atoms with Crippen LogP contribution in [0.5, 0.6) is 0 Å². The molecule has 2 amide bonds. The van der Waals surface area contributed by atoms with E-state index >= 15 is 0 Å². The molecule has 1 heterocycles. The Morgan fingerprint density at radius 2 is 1.93 bits per heavy atom. The minimum absolute atomic E-state index is 0.0264. The average molecular weight is 400 g/mol. The fourth-order valence-electron chi connectivity index (χ4n) is 2.49. The number of carbonyl (C=O) groups excluding carboxylic acids is 2. The summed E-state index contributed by atoms with van der Waals surface area (Å²) in [4.78, 5) is 27.7. The predicted molar refractivity (Wildman–Crippen MR) is 109 cm³/mol. The van der Waals surface area contributed by atoms with Gasteiger partial charge in [-0.3, -0.25) is 14.9 Å². The van der Waals surface area contributed by atoms with E-state index in [1.165, 1.54) is 18.3 Å². The van der Waals surface area contributed by atoms with Crippen molar-refractivity contribution in [3.05, 3.63) is 70.1 Å². The Morgan fingerprint density at radius 1 is 1.15 bits per heavy atom. The molecule has 0 aliphatic heterocycles. The molecule has 0 fully saturated rings. The van der Waals surface area contributed by atoms with Crippen LogP contribution in [-0.4, -0.2) is 23.3 Å². The van der Waals surface area contributed by atoms with E-state index in [2.05, 4.69) is 15.6 Å². The van der Waals surface area contributed by atoms with Gasteiger partial charge in [0.05, 0.1) is 5.69 Å². The molecule has 5 nitrogen and oxygen atoms in total. The Bertz CT molecular complexity index is 954. The summed E-state index contributed by atoms with van der Waals surface area (Å²) in [6, 6.07) is 14.8. The van der Waals surface area contributed by atoms with E-state index in [0.29, 0.717) is 22.3 Å². The third kappa shape index (κ3) is 5.39. The van der Waals surface area contributed by atoms with Gasteiger partial charge in [0.15, 0.2) is 5.13 Å². The lowest BCUT2D eigenvalue weighted by atomic mass is 10.1. The molecule has 0 aliphatic rings. The molecule has 2 aromatic carbocycles. The zero-order valence-corrected chi connectivity index (χ0v) is 16.2. The number of benzene rings is 2. The monoisotopic (exact) mass is 399 g/mol. The molecule has 7 heteroatoms. The van der Waals surface area contributed by atoms with Crippen LogP contribution in [0, 0.1) is 0 Å². The highest BCUT2D eigenvalue weighted by Gasteiger charge is 2.10. The van der Waals surface area contributed by atoms with Crippen LogP contribution in [0.1, 0.15) is 22.8 Å². The summed E-state index contributed by atoms with van der Waals surface area (Å²) < 4.78 is 0. The van der Waals surface area contributed by atoms with Crippen LogP contribution in [0.3, 0.4) is 0 Å². The number of halogens is 1. The molecule has 138 valence electrons. The second-order valence-electron chi connectivity index (χ2n) is 5.93. The molecule has 3 rings (SSSR count). The van der Waals surface area contributed by atoms with Gasteiger partial charge in [-0.05, 0) is 30.2 Å². The van der Waals surface area contributed by atoms with Crippen LogP contribution in [0.15, 0.2) is 53.9 Å². The molecular formula is C20H18ClN3O2S. The highest BCUT2D eigenvalue weighted by Crippen LogP contribution is 2.25. The molecule has 0 aliphatic carbocycles. The van der Waals surface area contributed by atoms with Crippen molar-refractivity contribution in [3.63, 3.8) is 0 Å². The summed E-state index contributed by atoms with van der Waals surface area (Å²) in [6.45, 7) is 2.12. The van der Waals surface area contributed by atoms with Crippen LogP contribution in [0.2, 0.25) is 5.02 Å². The minimum Gasteiger partial charge on any atom is -0.356 e. The van der Waals surface area contributed by atoms with E-state index in [0.717, 1.165) is 23.2 Å². The number of aromatic nitrogens is 1. The number of hydrogen-bond donors (Lipinski definition) is 2. The van der Waals surface area contributed by atoms with Gasteiger partial charge in [-0.1, -0.05) is 41.9 Å². The highest BCUT2D eigenvalue weighted by atomic mass is 35.5. The average Bonchev–Trinajstić information content (AvgIpc) is 3.10. The van der Waals surface area contributed by atoms with Gasteiger partial charge >= 0.3 is 0 Å². The fourth-order valence-corrected chi connectivity index (χ4v) is 3.39. The Morgan fingerprint density at radius 3 is 2.63 bits per heavy atom. The molecule has 0 saturated carbocycles. The SMILES string of the molecule is CC(=O)NCCc1ccc(-c2csc(NC(=O)c3cccc(Cl)c3)n2)cc1. The standard InChI is InChI=1S/C20H18ClN3O2S/c1-13(25)22-10-9-14-5-7-15(8-6-14)18-12-27-20(23-18)24-19(26)16-3-2-4-17(21)11-16/h2-8,11-12H,9-10H2,1H3,(H,22,25)(H,23,24,26). The number of rotatable bonds is 6.